The number of carbonyl (C=O) groups is 1. The predicted molar refractivity (Wildman–Crippen MR) is 114 cm³/mol. The molecule has 2 aromatic rings. The number of aryl methyl sites for hydroxylation is 1. The second-order valence-electron chi connectivity index (χ2n) is 7.28. The molecule has 0 atom stereocenters. The fourth-order valence-corrected chi connectivity index (χ4v) is 3.49. The Bertz CT molecular complexity index is 961. The van der Waals surface area contributed by atoms with E-state index < -0.39 is 0 Å². The lowest BCUT2D eigenvalue weighted by Gasteiger charge is -2.28. The minimum atomic E-state index is -0.321. The molecule has 0 bridgehead atoms. The van der Waals surface area contributed by atoms with E-state index in [0.29, 0.717) is 50.3 Å². The smallest absolute Gasteiger partial charge is 0.410 e. The Balaban J connectivity index is 1.60. The zero-order chi connectivity index (χ0) is 21.6. The molecule has 164 valence electrons. The number of carbonyl (C=O) groups excluding carboxylic acids is 1. The number of rotatable bonds is 7. The van der Waals surface area contributed by atoms with E-state index in [-0.39, 0.29) is 12.7 Å². The van der Waals surface area contributed by atoms with Crippen molar-refractivity contribution in [3.8, 4) is 5.88 Å². The number of ether oxygens (including phenoxy) is 3. The molecule has 1 amide bonds. The van der Waals surface area contributed by atoms with Crippen LogP contribution < -0.4 is 15.5 Å². The summed E-state index contributed by atoms with van der Waals surface area (Å²) in [5.74, 6) is 7.24. The van der Waals surface area contributed by atoms with Crippen LogP contribution >= 0.6 is 0 Å². The Labute approximate surface area is 180 Å². The number of morpholine rings is 1. The number of amides is 1. The molecule has 2 aliphatic heterocycles. The van der Waals surface area contributed by atoms with Gasteiger partial charge in [-0.1, -0.05) is 23.8 Å². The van der Waals surface area contributed by atoms with Crippen LogP contribution in [0.25, 0.3) is 0 Å². The molecule has 1 aromatic carbocycles. The molecule has 10 nitrogen and oxygen atoms in total. The minimum absolute atomic E-state index is 0.285. The fourth-order valence-electron chi connectivity index (χ4n) is 3.49. The molecular weight excluding hydrogens is 400 g/mol. The molecule has 0 saturated carbocycles. The Morgan fingerprint density at radius 3 is 2.74 bits per heavy atom. The van der Waals surface area contributed by atoms with Crippen molar-refractivity contribution in [3.05, 3.63) is 47.3 Å². The molecular formula is C21H26N6O4. The van der Waals surface area contributed by atoms with Gasteiger partial charge in [0.05, 0.1) is 26.3 Å². The van der Waals surface area contributed by atoms with Gasteiger partial charge in [-0.2, -0.15) is 10.1 Å². The van der Waals surface area contributed by atoms with Gasteiger partial charge < -0.3 is 29.9 Å². The molecule has 2 fully saturated rings. The summed E-state index contributed by atoms with van der Waals surface area (Å²) < 4.78 is 16.3. The number of nitrogens with two attached hydrogens (primary N) is 1. The topological polar surface area (TPSA) is 115 Å². The summed E-state index contributed by atoms with van der Waals surface area (Å²) in [6.07, 6.45) is -0.321. The van der Waals surface area contributed by atoms with Crippen molar-refractivity contribution >= 4 is 17.6 Å². The maximum absolute atomic E-state index is 11.6. The third-order valence-electron chi connectivity index (χ3n) is 5.11. The average Bonchev–Trinajstić information content (AvgIpc) is 3.19. The molecule has 2 N–H and O–H groups in total. The van der Waals surface area contributed by atoms with Crippen molar-refractivity contribution in [2.45, 2.75) is 6.92 Å². The Morgan fingerprint density at radius 2 is 2.03 bits per heavy atom. The molecule has 2 aliphatic rings. The standard InChI is InChI=1S/C21H26N6O4/c1-15-3-2-4-16(13-15)19(25-22)20-23-17(26-5-9-29-10-6-26)14-18(24-20)30-11-7-27-8-12-31-21(27)28/h2-4,13-14H,5-12,22H2,1H3. The number of nitrogens with zero attached hydrogens (tertiary/aromatic N) is 5. The van der Waals surface area contributed by atoms with Crippen LogP contribution in [-0.2, 0) is 9.47 Å². The lowest BCUT2D eigenvalue weighted by molar-refractivity contribution is 0.122. The summed E-state index contributed by atoms with van der Waals surface area (Å²) in [6, 6.07) is 9.63. The van der Waals surface area contributed by atoms with E-state index in [2.05, 4.69) is 15.0 Å². The largest absolute Gasteiger partial charge is 0.476 e. The van der Waals surface area contributed by atoms with E-state index in [9.17, 15) is 4.79 Å². The Hall–Kier alpha value is -3.40. The zero-order valence-electron chi connectivity index (χ0n) is 17.5. The van der Waals surface area contributed by atoms with Crippen LogP contribution in [0.4, 0.5) is 10.6 Å². The van der Waals surface area contributed by atoms with Gasteiger partial charge in [0.1, 0.15) is 24.7 Å². The van der Waals surface area contributed by atoms with E-state index in [4.69, 9.17) is 25.0 Å². The van der Waals surface area contributed by atoms with Gasteiger partial charge in [0.2, 0.25) is 5.88 Å². The first-order valence-corrected chi connectivity index (χ1v) is 10.3. The average molecular weight is 426 g/mol. The van der Waals surface area contributed by atoms with Crippen LogP contribution in [0.3, 0.4) is 0 Å². The van der Waals surface area contributed by atoms with Crippen LogP contribution in [0.2, 0.25) is 0 Å². The van der Waals surface area contributed by atoms with Gasteiger partial charge in [-0.05, 0) is 13.0 Å². The predicted octanol–water partition coefficient (Wildman–Crippen LogP) is 1.16. The van der Waals surface area contributed by atoms with E-state index in [1.165, 1.54) is 0 Å². The first-order valence-electron chi connectivity index (χ1n) is 10.3. The highest BCUT2D eigenvalue weighted by atomic mass is 16.6. The molecule has 2 saturated heterocycles. The molecule has 0 unspecified atom stereocenters. The molecule has 0 aliphatic carbocycles. The maximum atomic E-state index is 11.6. The van der Waals surface area contributed by atoms with Crippen molar-refractivity contribution in [1.82, 2.24) is 14.9 Å². The number of hydrogen-bond donors (Lipinski definition) is 1. The maximum Gasteiger partial charge on any atom is 0.410 e. The first-order chi connectivity index (χ1) is 15.1. The molecule has 31 heavy (non-hydrogen) atoms. The number of hydrogen-bond acceptors (Lipinski definition) is 9. The number of cyclic esters (lactones) is 1. The quantitative estimate of drug-likeness (QED) is 0.398. The van der Waals surface area contributed by atoms with Gasteiger partial charge in [0.25, 0.3) is 0 Å². The summed E-state index contributed by atoms with van der Waals surface area (Å²) in [6.45, 7) is 6.36. The highest BCUT2D eigenvalue weighted by Gasteiger charge is 2.22. The van der Waals surface area contributed by atoms with Crippen LogP contribution in [0.1, 0.15) is 17.0 Å². The summed E-state index contributed by atoms with van der Waals surface area (Å²) >= 11 is 0. The normalized spacial score (nSPS) is 17.1. The van der Waals surface area contributed by atoms with Gasteiger partial charge in [0.15, 0.2) is 5.82 Å². The van der Waals surface area contributed by atoms with Gasteiger partial charge in [-0.15, -0.1) is 0 Å². The van der Waals surface area contributed by atoms with Crippen molar-refractivity contribution in [3.63, 3.8) is 0 Å². The highest BCUT2D eigenvalue weighted by Crippen LogP contribution is 2.21. The van der Waals surface area contributed by atoms with Gasteiger partial charge in [-0.3, -0.25) is 0 Å². The lowest BCUT2D eigenvalue weighted by atomic mass is 10.1. The number of aromatic nitrogens is 2. The Kier molecular flexibility index (Phi) is 6.46. The van der Waals surface area contributed by atoms with E-state index in [0.717, 1.165) is 30.0 Å². The van der Waals surface area contributed by atoms with Crippen molar-refractivity contribution in [2.75, 3.05) is 57.5 Å². The third-order valence-corrected chi connectivity index (χ3v) is 5.11. The minimum Gasteiger partial charge on any atom is -0.476 e. The van der Waals surface area contributed by atoms with E-state index >= 15 is 0 Å². The highest BCUT2D eigenvalue weighted by molar-refractivity contribution is 6.10. The molecule has 0 radical (unpaired) electrons. The summed E-state index contributed by atoms with van der Waals surface area (Å²) in [5.41, 5.74) is 2.39. The molecule has 0 spiro atoms. The summed E-state index contributed by atoms with van der Waals surface area (Å²) in [7, 11) is 0. The zero-order valence-corrected chi connectivity index (χ0v) is 17.5. The second-order valence-corrected chi connectivity index (χ2v) is 7.28. The van der Waals surface area contributed by atoms with Gasteiger partial charge >= 0.3 is 6.09 Å². The van der Waals surface area contributed by atoms with Crippen LogP contribution in [-0.4, -0.2) is 79.3 Å². The number of hydrazone groups is 1. The third kappa shape index (κ3) is 5.02. The number of anilines is 1. The molecule has 4 rings (SSSR count). The van der Waals surface area contributed by atoms with Crippen molar-refractivity contribution in [1.29, 1.82) is 0 Å². The summed E-state index contributed by atoms with van der Waals surface area (Å²) in [4.78, 5) is 24.6. The van der Waals surface area contributed by atoms with Crippen LogP contribution in [0, 0.1) is 6.92 Å². The second kappa shape index (κ2) is 9.61. The monoisotopic (exact) mass is 426 g/mol. The van der Waals surface area contributed by atoms with E-state index in [1.54, 1.807) is 11.0 Å². The van der Waals surface area contributed by atoms with E-state index in [1.807, 2.05) is 31.2 Å². The van der Waals surface area contributed by atoms with Gasteiger partial charge in [-0.25, -0.2) is 9.78 Å². The fraction of sp³-hybridized carbons (Fsp3) is 0.429. The lowest BCUT2D eigenvalue weighted by Crippen LogP contribution is -2.37. The van der Waals surface area contributed by atoms with Crippen LogP contribution in [0.15, 0.2) is 35.4 Å². The Morgan fingerprint density at radius 1 is 1.19 bits per heavy atom. The first kappa shape index (κ1) is 20.9. The van der Waals surface area contributed by atoms with Crippen molar-refractivity contribution in [2.24, 2.45) is 10.9 Å². The van der Waals surface area contributed by atoms with Crippen LogP contribution in [0.5, 0.6) is 5.88 Å². The van der Waals surface area contributed by atoms with Crippen molar-refractivity contribution < 1.29 is 19.0 Å². The van der Waals surface area contributed by atoms with Gasteiger partial charge in [0, 0.05) is 24.7 Å². The molecule has 3 heterocycles. The molecule has 10 heteroatoms. The SMILES string of the molecule is Cc1cccc(C(=NN)c2nc(OCCN3CCOC3=O)cc(N3CCOCC3)n2)c1. The number of benzene rings is 1. The molecule has 1 aromatic heterocycles. The summed E-state index contributed by atoms with van der Waals surface area (Å²) in [5, 5.41) is 3.97.